The van der Waals surface area contributed by atoms with Gasteiger partial charge in [0.15, 0.2) is 0 Å². The molecule has 3 rings (SSSR count). The van der Waals surface area contributed by atoms with Gasteiger partial charge >= 0.3 is 5.97 Å². The summed E-state index contributed by atoms with van der Waals surface area (Å²) in [5.74, 6) is -0.258. The summed E-state index contributed by atoms with van der Waals surface area (Å²) in [5, 5.41) is 9.20. The molecule has 0 bridgehead atoms. The Hall–Kier alpha value is -3.37. The minimum Gasteiger partial charge on any atom is -0.489 e. The zero-order valence-electron chi connectivity index (χ0n) is 18.3. The first kappa shape index (κ1) is 22.3. The van der Waals surface area contributed by atoms with Gasteiger partial charge in [-0.2, -0.15) is 0 Å². The molecule has 0 aromatic heterocycles. The van der Waals surface area contributed by atoms with E-state index in [0.29, 0.717) is 24.5 Å². The van der Waals surface area contributed by atoms with Gasteiger partial charge in [-0.1, -0.05) is 48.6 Å². The van der Waals surface area contributed by atoms with Crippen LogP contribution in [-0.2, 0) is 24.4 Å². The fourth-order valence-corrected chi connectivity index (χ4v) is 3.72. The Balaban J connectivity index is 1.97. The Morgan fingerprint density at radius 3 is 2.58 bits per heavy atom. The van der Waals surface area contributed by atoms with E-state index in [1.54, 1.807) is 0 Å². The summed E-state index contributed by atoms with van der Waals surface area (Å²) in [6, 6.07) is 18.2. The van der Waals surface area contributed by atoms with Gasteiger partial charge in [-0.15, -0.1) is 0 Å². The SMILES string of the molecule is C/C=C\c1c(C)cc(COc2cc(C)ccc2CC(=O)O)cc1-c1cccc(CN)c1. The second kappa shape index (κ2) is 10.1. The first-order valence-corrected chi connectivity index (χ1v) is 10.4. The number of carboxylic acids is 1. The molecule has 4 nitrogen and oxygen atoms in total. The number of rotatable bonds is 8. The average Bonchev–Trinajstić information content (AvgIpc) is 2.75. The van der Waals surface area contributed by atoms with E-state index in [-0.39, 0.29) is 6.42 Å². The number of aryl methyl sites for hydroxylation is 2. The fourth-order valence-electron chi connectivity index (χ4n) is 3.72. The van der Waals surface area contributed by atoms with Crippen LogP contribution in [0.2, 0.25) is 0 Å². The molecule has 3 aromatic rings. The summed E-state index contributed by atoms with van der Waals surface area (Å²) in [5.41, 5.74) is 14.2. The second-order valence-electron chi connectivity index (χ2n) is 7.75. The van der Waals surface area contributed by atoms with Gasteiger partial charge in [-0.25, -0.2) is 0 Å². The van der Waals surface area contributed by atoms with Crippen LogP contribution in [0, 0.1) is 13.8 Å². The molecule has 0 unspecified atom stereocenters. The second-order valence-corrected chi connectivity index (χ2v) is 7.75. The number of carbonyl (C=O) groups is 1. The Morgan fingerprint density at radius 2 is 1.87 bits per heavy atom. The van der Waals surface area contributed by atoms with Crippen LogP contribution in [0.5, 0.6) is 5.75 Å². The van der Waals surface area contributed by atoms with Gasteiger partial charge in [0.1, 0.15) is 12.4 Å². The topological polar surface area (TPSA) is 72.5 Å². The maximum Gasteiger partial charge on any atom is 0.307 e. The molecule has 31 heavy (non-hydrogen) atoms. The molecule has 0 heterocycles. The van der Waals surface area contributed by atoms with Crippen LogP contribution >= 0.6 is 0 Å². The first-order valence-electron chi connectivity index (χ1n) is 10.4. The van der Waals surface area contributed by atoms with Crippen molar-refractivity contribution in [2.75, 3.05) is 0 Å². The number of allylic oxidation sites excluding steroid dienone is 1. The summed E-state index contributed by atoms with van der Waals surface area (Å²) >= 11 is 0. The van der Waals surface area contributed by atoms with Gasteiger partial charge < -0.3 is 15.6 Å². The summed E-state index contributed by atoms with van der Waals surface area (Å²) in [4.78, 5) is 11.2. The van der Waals surface area contributed by atoms with E-state index in [9.17, 15) is 9.90 Å². The van der Waals surface area contributed by atoms with Crippen molar-refractivity contribution in [2.45, 2.75) is 40.3 Å². The van der Waals surface area contributed by atoms with Crippen molar-refractivity contribution in [3.8, 4) is 16.9 Å². The third-order valence-corrected chi connectivity index (χ3v) is 5.21. The van der Waals surface area contributed by atoms with Gasteiger partial charge in [0.05, 0.1) is 6.42 Å². The maximum absolute atomic E-state index is 11.2. The van der Waals surface area contributed by atoms with Crippen molar-refractivity contribution in [2.24, 2.45) is 5.73 Å². The quantitative estimate of drug-likeness (QED) is 0.497. The van der Waals surface area contributed by atoms with Crippen LogP contribution < -0.4 is 10.5 Å². The molecule has 0 radical (unpaired) electrons. The number of carboxylic acid groups (broad SMARTS) is 1. The van der Waals surface area contributed by atoms with Gasteiger partial charge in [-0.3, -0.25) is 4.79 Å². The van der Waals surface area contributed by atoms with Crippen LogP contribution in [-0.4, -0.2) is 11.1 Å². The van der Waals surface area contributed by atoms with E-state index in [4.69, 9.17) is 10.5 Å². The van der Waals surface area contributed by atoms with Crippen molar-refractivity contribution in [1.82, 2.24) is 0 Å². The lowest BCUT2D eigenvalue weighted by Gasteiger charge is -2.16. The van der Waals surface area contributed by atoms with E-state index in [2.05, 4.69) is 37.3 Å². The lowest BCUT2D eigenvalue weighted by molar-refractivity contribution is -0.136. The third kappa shape index (κ3) is 5.62. The molecule has 0 aliphatic rings. The number of aliphatic carboxylic acids is 1. The van der Waals surface area contributed by atoms with Crippen LogP contribution in [0.25, 0.3) is 17.2 Å². The number of nitrogens with two attached hydrogens (primary N) is 1. The molecular weight excluding hydrogens is 386 g/mol. The highest BCUT2D eigenvalue weighted by molar-refractivity contribution is 5.78. The predicted octanol–water partition coefficient (Wildman–Crippen LogP) is 5.67. The van der Waals surface area contributed by atoms with E-state index >= 15 is 0 Å². The zero-order valence-corrected chi connectivity index (χ0v) is 18.3. The molecule has 0 saturated carbocycles. The van der Waals surface area contributed by atoms with E-state index in [1.807, 2.05) is 50.3 Å². The Labute approximate surface area is 184 Å². The Bertz CT molecular complexity index is 1120. The van der Waals surface area contributed by atoms with Crippen molar-refractivity contribution < 1.29 is 14.6 Å². The van der Waals surface area contributed by atoms with Crippen LogP contribution in [0.3, 0.4) is 0 Å². The minimum absolute atomic E-state index is 0.0635. The number of benzene rings is 3. The monoisotopic (exact) mass is 415 g/mol. The predicted molar refractivity (Wildman–Crippen MR) is 126 cm³/mol. The Kier molecular flexibility index (Phi) is 7.27. The average molecular weight is 416 g/mol. The van der Waals surface area contributed by atoms with Crippen LogP contribution in [0.4, 0.5) is 0 Å². The number of ether oxygens (including phenoxy) is 1. The van der Waals surface area contributed by atoms with E-state index in [1.165, 1.54) is 5.56 Å². The molecule has 160 valence electrons. The molecule has 0 saturated heterocycles. The van der Waals surface area contributed by atoms with Gasteiger partial charge in [0.25, 0.3) is 0 Å². The summed E-state index contributed by atoms with van der Waals surface area (Å²) in [6.07, 6.45) is 4.10. The zero-order chi connectivity index (χ0) is 22.4. The van der Waals surface area contributed by atoms with Gasteiger partial charge in [0.2, 0.25) is 0 Å². The highest BCUT2D eigenvalue weighted by Crippen LogP contribution is 2.31. The molecule has 3 N–H and O–H groups in total. The molecule has 0 atom stereocenters. The first-order chi connectivity index (χ1) is 14.9. The summed E-state index contributed by atoms with van der Waals surface area (Å²) < 4.78 is 6.09. The highest BCUT2D eigenvalue weighted by atomic mass is 16.5. The summed E-state index contributed by atoms with van der Waals surface area (Å²) in [6.45, 7) is 6.93. The van der Waals surface area contributed by atoms with Crippen molar-refractivity contribution in [3.05, 3.63) is 94.1 Å². The molecule has 0 spiro atoms. The molecule has 0 aliphatic carbocycles. The molecule has 0 fully saturated rings. The molecule has 3 aromatic carbocycles. The molecule has 0 aliphatic heterocycles. The molecule has 4 heteroatoms. The smallest absolute Gasteiger partial charge is 0.307 e. The van der Waals surface area contributed by atoms with Gasteiger partial charge in [0, 0.05) is 12.1 Å². The van der Waals surface area contributed by atoms with E-state index in [0.717, 1.165) is 33.4 Å². The van der Waals surface area contributed by atoms with Crippen LogP contribution in [0.15, 0.2) is 60.7 Å². The minimum atomic E-state index is -0.873. The largest absolute Gasteiger partial charge is 0.489 e. The number of hydrogen-bond donors (Lipinski definition) is 2. The third-order valence-electron chi connectivity index (χ3n) is 5.21. The molecular formula is C27H29NO3. The lowest BCUT2D eigenvalue weighted by atomic mass is 9.92. The summed E-state index contributed by atoms with van der Waals surface area (Å²) in [7, 11) is 0. The highest BCUT2D eigenvalue weighted by Gasteiger charge is 2.12. The van der Waals surface area contributed by atoms with Crippen molar-refractivity contribution in [1.29, 1.82) is 0 Å². The lowest BCUT2D eigenvalue weighted by Crippen LogP contribution is -2.05. The van der Waals surface area contributed by atoms with Crippen molar-refractivity contribution in [3.63, 3.8) is 0 Å². The standard InChI is InChI=1S/C27H29NO3/c1-4-6-24-19(3)12-21(14-25(24)22-8-5-7-20(13-22)16-28)17-31-26-11-18(2)9-10-23(26)15-27(29)30/h4-14H,15-17,28H2,1-3H3,(H,29,30)/b6-4-. The normalized spacial score (nSPS) is 11.1. The fraction of sp³-hybridized carbons (Fsp3) is 0.222. The Morgan fingerprint density at radius 1 is 1.06 bits per heavy atom. The number of hydrogen-bond acceptors (Lipinski definition) is 3. The molecule has 0 amide bonds. The maximum atomic E-state index is 11.2. The van der Waals surface area contributed by atoms with Crippen LogP contribution in [0.1, 0.15) is 40.3 Å². The van der Waals surface area contributed by atoms with E-state index < -0.39 is 5.97 Å². The van der Waals surface area contributed by atoms with Gasteiger partial charge in [-0.05, 0) is 77.9 Å². The van der Waals surface area contributed by atoms with Crippen molar-refractivity contribution >= 4 is 12.0 Å².